The van der Waals surface area contributed by atoms with Crippen LogP contribution in [-0.2, 0) is 20.8 Å². The number of nitrogens with zero attached hydrogens (tertiary/aromatic N) is 6. The Morgan fingerprint density at radius 3 is 2.60 bits per heavy atom. The highest BCUT2D eigenvalue weighted by Gasteiger charge is 2.22. The molecule has 1 aromatic carbocycles. The van der Waals surface area contributed by atoms with E-state index in [0.29, 0.717) is 11.5 Å². The summed E-state index contributed by atoms with van der Waals surface area (Å²) in [7, 11) is -4.01. The van der Waals surface area contributed by atoms with Crippen molar-refractivity contribution in [2.45, 2.75) is 31.3 Å². The van der Waals surface area contributed by atoms with E-state index in [1.807, 2.05) is 6.92 Å². The largest absolute Gasteiger partial charge is 0.394 e. The Hall–Kier alpha value is -3.16. The van der Waals surface area contributed by atoms with Crippen LogP contribution in [0.4, 0.5) is 5.82 Å². The molecule has 0 bridgehead atoms. The first kappa shape index (κ1) is 21.5. The molecule has 3 rings (SSSR count). The Bertz CT molecular complexity index is 1140. The van der Waals surface area contributed by atoms with Crippen molar-refractivity contribution in [3.8, 4) is 0 Å². The quantitative estimate of drug-likeness (QED) is 0.293. The molecule has 2 heterocycles. The maximum Gasteiger partial charge on any atom is 0.343 e. The zero-order valence-electron chi connectivity index (χ0n) is 16.2. The first-order valence-corrected chi connectivity index (χ1v) is 10.3. The number of nitro groups is 1. The first-order chi connectivity index (χ1) is 14.2. The third kappa shape index (κ3) is 4.69. The molecule has 0 aliphatic rings. The average molecular weight is 436 g/mol. The summed E-state index contributed by atoms with van der Waals surface area (Å²) in [6, 6.07) is 5.37. The number of rotatable bonds is 9. The molecule has 3 aromatic rings. The molecule has 12 nitrogen and oxygen atoms in total. The summed E-state index contributed by atoms with van der Waals surface area (Å²) >= 11 is 0. The van der Waals surface area contributed by atoms with Crippen LogP contribution in [0.1, 0.15) is 23.1 Å². The fourth-order valence-corrected chi connectivity index (χ4v) is 3.62. The second kappa shape index (κ2) is 8.69. The van der Waals surface area contributed by atoms with Crippen molar-refractivity contribution in [3.63, 3.8) is 0 Å². The molecular weight excluding hydrogens is 416 g/mol. The van der Waals surface area contributed by atoms with Crippen molar-refractivity contribution in [1.82, 2.24) is 24.5 Å². The minimum absolute atomic E-state index is 0.00645. The molecule has 0 aliphatic carbocycles. The van der Waals surface area contributed by atoms with E-state index in [1.54, 1.807) is 19.1 Å². The van der Waals surface area contributed by atoms with Crippen LogP contribution in [0.2, 0.25) is 0 Å². The van der Waals surface area contributed by atoms with Gasteiger partial charge >= 0.3 is 5.82 Å². The zero-order valence-corrected chi connectivity index (χ0v) is 17.1. The molecule has 0 fully saturated rings. The number of imidazole rings is 1. The normalized spacial score (nSPS) is 12.8. The molecule has 0 spiro atoms. The highest BCUT2D eigenvalue weighted by atomic mass is 32.2. The van der Waals surface area contributed by atoms with Gasteiger partial charge in [-0.15, -0.1) is 5.10 Å². The van der Waals surface area contributed by atoms with Gasteiger partial charge in [-0.3, -0.25) is 4.18 Å². The van der Waals surface area contributed by atoms with Crippen LogP contribution in [0.25, 0.3) is 0 Å². The molecule has 2 aromatic heterocycles. The van der Waals surface area contributed by atoms with E-state index in [0.717, 1.165) is 11.8 Å². The van der Waals surface area contributed by atoms with Gasteiger partial charge in [-0.05, 0) is 24.0 Å². The maximum absolute atomic E-state index is 12.3. The molecular formula is C17H20N6O6S. The molecule has 1 atom stereocenters. The van der Waals surface area contributed by atoms with Crippen LogP contribution in [0.5, 0.6) is 0 Å². The molecule has 30 heavy (non-hydrogen) atoms. The molecule has 0 saturated heterocycles. The second-order valence-electron chi connectivity index (χ2n) is 6.58. The number of aliphatic hydroxyl groups is 1. The third-order valence-electron chi connectivity index (χ3n) is 4.41. The molecule has 13 heteroatoms. The Labute approximate surface area is 172 Å². The third-order valence-corrected chi connectivity index (χ3v) is 5.70. The van der Waals surface area contributed by atoms with E-state index >= 15 is 0 Å². The standard InChI is InChI=1S/C17H20N6O6S/c1-12-3-5-16(6-4-12)30(27,28)29-11-15(10-24)22-9-14(19-20-22)8-21-13(2)18-7-17(21)23(25)26/h3-7,9,15,24H,8,10-11H2,1-2H3. The summed E-state index contributed by atoms with van der Waals surface area (Å²) in [5, 5.41) is 28.6. The lowest BCUT2D eigenvalue weighted by molar-refractivity contribution is -0.392. The van der Waals surface area contributed by atoms with Crippen LogP contribution in [0.3, 0.4) is 0 Å². The van der Waals surface area contributed by atoms with Crippen molar-refractivity contribution < 1.29 is 22.6 Å². The van der Waals surface area contributed by atoms with Crippen molar-refractivity contribution >= 4 is 15.9 Å². The SMILES string of the molecule is Cc1ccc(S(=O)(=O)OCC(CO)n2cc(Cn3c([N+](=O)[O-])cnc3C)nn2)cc1. The van der Waals surface area contributed by atoms with Crippen LogP contribution < -0.4 is 0 Å². The predicted octanol–water partition coefficient (Wildman–Crippen LogP) is 0.987. The summed E-state index contributed by atoms with van der Waals surface area (Å²) < 4.78 is 32.3. The summed E-state index contributed by atoms with van der Waals surface area (Å²) in [6.07, 6.45) is 2.62. The van der Waals surface area contributed by atoms with Crippen LogP contribution in [0.15, 0.2) is 41.6 Å². The first-order valence-electron chi connectivity index (χ1n) is 8.85. The van der Waals surface area contributed by atoms with Crippen LogP contribution in [0, 0.1) is 24.0 Å². The minimum Gasteiger partial charge on any atom is -0.394 e. The van der Waals surface area contributed by atoms with Crippen LogP contribution in [-0.4, -0.2) is 56.2 Å². The highest BCUT2D eigenvalue weighted by Crippen LogP contribution is 2.18. The molecule has 160 valence electrons. The van der Waals surface area contributed by atoms with Gasteiger partial charge in [0, 0.05) is 6.92 Å². The van der Waals surface area contributed by atoms with E-state index in [-0.39, 0.29) is 23.9 Å². The number of hydrogen-bond donors (Lipinski definition) is 1. The summed E-state index contributed by atoms with van der Waals surface area (Å²) in [5.41, 5.74) is 1.28. The van der Waals surface area contributed by atoms with Gasteiger partial charge in [-0.2, -0.15) is 8.42 Å². The fraction of sp³-hybridized carbons (Fsp3) is 0.353. The van der Waals surface area contributed by atoms with Gasteiger partial charge in [-0.25, -0.2) is 14.2 Å². The van der Waals surface area contributed by atoms with Crippen molar-refractivity contribution in [2.75, 3.05) is 13.2 Å². The van der Waals surface area contributed by atoms with Crippen LogP contribution >= 0.6 is 0 Å². The van der Waals surface area contributed by atoms with Gasteiger partial charge in [0.25, 0.3) is 10.1 Å². The highest BCUT2D eigenvalue weighted by molar-refractivity contribution is 7.86. The van der Waals surface area contributed by atoms with Gasteiger partial charge in [0.1, 0.15) is 24.5 Å². The molecule has 0 amide bonds. The Morgan fingerprint density at radius 2 is 1.97 bits per heavy atom. The smallest absolute Gasteiger partial charge is 0.343 e. The summed E-state index contributed by atoms with van der Waals surface area (Å²) in [6.45, 7) is 2.69. The molecule has 1 unspecified atom stereocenters. The number of aryl methyl sites for hydroxylation is 2. The average Bonchev–Trinajstić information content (AvgIpc) is 3.30. The molecule has 0 saturated carbocycles. The number of aromatic nitrogens is 5. The monoisotopic (exact) mass is 436 g/mol. The van der Waals surface area contributed by atoms with Gasteiger partial charge < -0.3 is 15.2 Å². The van der Waals surface area contributed by atoms with E-state index in [1.165, 1.54) is 27.6 Å². The van der Waals surface area contributed by atoms with Gasteiger partial charge in [0.15, 0.2) is 5.82 Å². The lowest BCUT2D eigenvalue weighted by atomic mass is 10.2. The van der Waals surface area contributed by atoms with Crippen molar-refractivity contribution in [1.29, 1.82) is 0 Å². The number of benzene rings is 1. The topological polar surface area (TPSA) is 155 Å². The van der Waals surface area contributed by atoms with E-state index in [9.17, 15) is 23.6 Å². The zero-order chi connectivity index (χ0) is 21.9. The van der Waals surface area contributed by atoms with Crippen molar-refractivity contribution in [3.05, 3.63) is 63.9 Å². The molecule has 0 radical (unpaired) electrons. The lowest BCUT2D eigenvalue weighted by Crippen LogP contribution is -2.22. The van der Waals surface area contributed by atoms with Gasteiger partial charge in [0.05, 0.1) is 24.3 Å². The Morgan fingerprint density at radius 1 is 1.27 bits per heavy atom. The second-order valence-corrected chi connectivity index (χ2v) is 8.20. The minimum atomic E-state index is -4.01. The predicted molar refractivity (Wildman–Crippen MR) is 103 cm³/mol. The lowest BCUT2D eigenvalue weighted by Gasteiger charge is -2.14. The van der Waals surface area contributed by atoms with Gasteiger partial charge in [-0.1, -0.05) is 22.9 Å². The summed E-state index contributed by atoms with van der Waals surface area (Å²) in [4.78, 5) is 14.5. The maximum atomic E-state index is 12.3. The Balaban J connectivity index is 1.71. The van der Waals surface area contributed by atoms with E-state index in [2.05, 4.69) is 15.3 Å². The fourth-order valence-electron chi connectivity index (χ4n) is 2.68. The van der Waals surface area contributed by atoms with Crippen molar-refractivity contribution in [2.24, 2.45) is 0 Å². The molecule has 1 N–H and O–H groups in total. The number of hydrogen-bond acceptors (Lipinski definition) is 9. The Kier molecular flexibility index (Phi) is 6.24. The number of aliphatic hydroxyl groups excluding tert-OH is 1. The van der Waals surface area contributed by atoms with E-state index in [4.69, 9.17) is 4.18 Å². The summed E-state index contributed by atoms with van der Waals surface area (Å²) in [5.74, 6) is 0.246. The van der Waals surface area contributed by atoms with E-state index < -0.39 is 27.7 Å². The molecule has 0 aliphatic heterocycles. The van der Waals surface area contributed by atoms with Gasteiger partial charge in [0.2, 0.25) is 0 Å².